The highest BCUT2D eigenvalue weighted by Crippen LogP contribution is 2.23. The molecule has 18 heavy (non-hydrogen) atoms. The van der Waals surface area contributed by atoms with Gasteiger partial charge in [-0.3, -0.25) is 4.79 Å². The van der Waals surface area contributed by atoms with Crippen molar-refractivity contribution in [3.63, 3.8) is 0 Å². The lowest BCUT2D eigenvalue weighted by Gasteiger charge is -2.21. The van der Waals surface area contributed by atoms with Crippen LogP contribution in [0.15, 0.2) is 22.7 Å². The summed E-state index contributed by atoms with van der Waals surface area (Å²) in [6.45, 7) is 0.700. The van der Waals surface area contributed by atoms with Crippen molar-refractivity contribution < 1.29 is 9.90 Å². The Labute approximate surface area is 119 Å². The van der Waals surface area contributed by atoms with E-state index in [9.17, 15) is 9.90 Å². The van der Waals surface area contributed by atoms with Crippen molar-refractivity contribution in [2.45, 2.75) is 12.8 Å². The lowest BCUT2D eigenvalue weighted by Crippen LogP contribution is -2.31. The summed E-state index contributed by atoms with van der Waals surface area (Å²) in [5.74, 6) is 2.76. The Bertz CT molecular complexity index is 433. The standard InChI is InChI=1S/C13H16BrNO2S/c14-10-1-2-12(16)11(7-10)13(17)15-8-9-3-5-18-6-4-9/h1-2,7,9,16H,3-6,8H2,(H,15,17). The van der Waals surface area contributed by atoms with Gasteiger partial charge in [0.2, 0.25) is 0 Å². The highest BCUT2D eigenvalue weighted by Gasteiger charge is 2.16. The van der Waals surface area contributed by atoms with Crippen LogP contribution in [0.5, 0.6) is 5.75 Å². The van der Waals surface area contributed by atoms with Crippen molar-refractivity contribution in [2.24, 2.45) is 5.92 Å². The van der Waals surface area contributed by atoms with Crippen molar-refractivity contribution in [3.8, 4) is 5.75 Å². The molecule has 1 aromatic carbocycles. The monoisotopic (exact) mass is 329 g/mol. The van der Waals surface area contributed by atoms with E-state index in [4.69, 9.17) is 0 Å². The summed E-state index contributed by atoms with van der Waals surface area (Å²) < 4.78 is 0.791. The summed E-state index contributed by atoms with van der Waals surface area (Å²) in [6.07, 6.45) is 2.32. The molecule has 0 radical (unpaired) electrons. The molecule has 0 bridgehead atoms. The number of carbonyl (C=O) groups is 1. The number of halogens is 1. The maximum Gasteiger partial charge on any atom is 0.255 e. The number of nitrogens with one attached hydrogen (secondary N) is 1. The van der Waals surface area contributed by atoms with Crippen LogP contribution in [0.1, 0.15) is 23.2 Å². The molecule has 0 atom stereocenters. The molecule has 1 saturated heterocycles. The van der Waals surface area contributed by atoms with E-state index in [1.54, 1.807) is 12.1 Å². The van der Waals surface area contributed by atoms with Gasteiger partial charge in [-0.1, -0.05) is 15.9 Å². The second kappa shape index (κ2) is 6.48. The summed E-state index contributed by atoms with van der Waals surface area (Å²) in [4.78, 5) is 12.0. The zero-order valence-electron chi connectivity index (χ0n) is 9.99. The van der Waals surface area contributed by atoms with Crippen LogP contribution in [0, 0.1) is 5.92 Å². The van der Waals surface area contributed by atoms with E-state index < -0.39 is 0 Å². The number of hydrogen-bond donors (Lipinski definition) is 2. The number of carbonyl (C=O) groups excluding carboxylic acids is 1. The van der Waals surface area contributed by atoms with Gasteiger partial charge < -0.3 is 10.4 Å². The average molecular weight is 330 g/mol. The maximum atomic E-state index is 12.0. The third-order valence-corrected chi connectivity index (χ3v) is 4.64. The van der Waals surface area contributed by atoms with Gasteiger partial charge in [-0.05, 0) is 48.5 Å². The Kier molecular flexibility index (Phi) is 4.95. The van der Waals surface area contributed by atoms with Gasteiger partial charge in [0.25, 0.3) is 5.91 Å². The summed E-state index contributed by atoms with van der Waals surface area (Å²) in [6, 6.07) is 4.88. The molecule has 0 spiro atoms. The molecule has 1 aliphatic heterocycles. The van der Waals surface area contributed by atoms with Gasteiger partial charge in [-0.25, -0.2) is 0 Å². The zero-order valence-corrected chi connectivity index (χ0v) is 12.4. The van der Waals surface area contributed by atoms with Crippen LogP contribution in [0.4, 0.5) is 0 Å². The molecule has 0 aliphatic carbocycles. The van der Waals surface area contributed by atoms with Crippen LogP contribution in [-0.2, 0) is 0 Å². The smallest absolute Gasteiger partial charge is 0.255 e. The summed E-state index contributed by atoms with van der Waals surface area (Å²) in [5.41, 5.74) is 0.328. The number of phenolic OH excluding ortho intramolecular Hbond substituents is 1. The number of phenols is 1. The topological polar surface area (TPSA) is 49.3 Å². The minimum absolute atomic E-state index is 0.0231. The maximum absolute atomic E-state index is 12.0. The number of thioether (sulfide) groups is 1. The van der Waals surface area contributed by atoms with Crippen molar-refractivity contribution in [3.05, 3.63) is 28.2 Å². The third-order valence-electron chi connectivity index (χ3n) is 3.10. The average Bonchev–Trinajstić information content (AvgIpc) is 2.40. The van der Waals surface area contributed by atoms with Crippen LogP contribution >= 0.6 is 27.7 Å². The van der Waals surface area contributed by atoms with E-state index in [1.807, 2.05) is 11.8 Å². The van der Waals surface area contributed by atoms with Crippen molar-refractivity contribution in [1.29, 1.82) is 0 Å². The van der Waals surface area contributed by atoms with Gasteiger partial charge in [0.1, 0.15) is 5.75 Å². The number of aromatic hydroxyl groups is 1. The molecule has 98 valence electrons. The van der Waals surface area contributed by atoms with Crippen LogP contribution in [0.2, 0.25) is 0 Å². The van der Waals surface area contributed by atoms with E-state index in [0.29, 0.717) is 18.0 Å². The zero-order chi connectivity index (χ0) is 13.0. The number of benzene rings is 1. The second-order valence-electron chi connectivity index (χ2n) is 4.43. The molecule has 1 aromatic rings. The second-order valence-corrected chi connectivity index (χ2v) is 6.57. The van der Waals surface area contributed by atoms with Crippen molar-refractivity contribution in [1.82, 2.24) is 5.32 Å². The lowest BCUT2D eigenvalue weighted by atomic mass is 10.0. The summed E-state index contributed by atoms with van der Waals surface area (Å²) >= 11 is 5.27. The molecule has 2 N–H and O–H groups in total. The lowest BCUT2D eigenvalue weighted by molar-refractivity contribution is 0.0943. The predicted octanol–water partition coefficient (Wildman–Crippen LogP) is 3.03. The van der Waals surface area contributed by atoms with Gasteiger partial charge in [0.05, 0.1) is 5.56 Å². The Balaban J connectivity index is 1.92. The molecular weight excluding hydrogens is 314 g/mol. The molecule has 1 fully saturated rings. The molecule has 0 unspecified atom stereocenters. The minimum atomic E-state index is -0.202. The Morgan fingerprint density at radius 2 is 2.17 bits per heavy atom. The molecule has 0 aromatic heterocycles. The quantitative estimate of drug-likeness (QED) is 0.896. The Hall–Kier alpha value is -0.680. The molecule has 3 nitrogen and oxygen atoms in total. The van der Waals surface area contributed by atoms with Crippen LogP contribution < -0.4 is 5.32 Å². The van der Waals surface area contributed by atoms with E-state index in [-0.39, 0.29) is 11.7 Å². The fourth-order valence-electron chi connectivity index (χ4n) is 1.97. The fourth-order valence-corrected chi connectivity index (χ4v) is 3.54. The largest absolute Gasteiger partial charge is 0.507 e. The number of amides is 1. The SMILES string of the molecule is O=C(NCC1CCSCC1)c1cc(Br)ccc1O. The van der Waals surface area contributed by atoms with Gasteiger partial charge in [0, 0.05) is 11.0 Å². The minimum Gasteiger partial charge on any atom is -0.507 e. The Morgan fingerprint density at radius 1 is 1.44 bits per heavy atom. The first-order valence-corrected chi connectivity index (χ1v) is 7.96. The summed E-state index contributed by atoms with van der Waals surface area (Å²) in [5, 5.41) is 12.6. The third kappa shape index (κ3) is 3.65. The van der Waals surface area contributed by atoms with Crippen LogP contribution in [-0.4, -0.2) is 29.1 Å². The first-order valence-electron chi connectivity index (χ1n) is 6.01. The van der Waals surface area contributed by atoms with Gasteiger partial charge >= 0.3 is 0 Å². The Morgan fingerprint density at radius 3 is 2.89 bits per heavy atom. The predicted molar refractivity (Wildman–Crippen MR) is 78.2 cm³/mol. The van der Waals surface area contributed by atoms with E-state index in [2.05, 4.69) is 21.2 Å². The molecule has 5 heteroatoms. The first kappa shape index (κ1) is 13.7. The number of rotatable bonds is 3. The highest BCUT2D eigenvalue weighted by molar-refractivity contribution is 9.10. The molecule has 2 rings (SSSR count). The summed E-state index contributed by atoms with van der Waals surface area (Å²) in [7, 11) is 0. The van der Waals surface area contributed by atoms with Crippen molar-refractivity contribution >= 4 is 33.6 Å². The fraction of sp³-hybridized carbons (Fsp3) is 0.462. The van der Waals surface area contributed by atoms with E-state index in [0.717, 1.165) is 17.3 Å². The van der Waals surface area contributed by atoms with E-state index >= 15 is 0 Å². The van der Waals surface area contributed by atoms with E-state index in [1.165, 1.54) is 17.6 Å². The molecule has 1 aliphatic rings. The van der Waals surface area contributed by atoms with Gasteiger partial charge in [0.15, 0.2) is 0 Å². The van der Waals surface area contributed by atoms with Gasteiger partial charge in [-0.2, -0.15) is 11.8 Å². The van der Waals surface area contributed by atoms with Crippen molar-refractivity contribution in [2.75, 3.05) is 18.1 Å². The van der Waals surface area contributed by atoms with Crippen LogP contribution in [0.25, 0.3) is 0 Å². The van der Waals surface area contributed by atoms with Crippen LogP contribution in [0.3, 0.4) is 0 Å². The molecular formula is C13H16BrNO2S. The normalized spacial score (nSPS) is 16.5. The first-order chi connectivity index (χ1) is 8.66. The molecule has 1 amide bonds. The number of hydrogen-bond acceptors (Lipinski definition) is 3. The molecule has 0 saturated carbocycles. The van der Waals surface area contributed by atoms with Gasteiger partial charge in [-0.15, -0.1) is 0 Å². The molecule has 1 heterocycles. The highest BCUT2D eigenvalue weighted by atomic mass is 79.9.